The van der Waals surface area contributed by atoms with Gasteiger partial charge in [0, 0.05) is 16.3 Å². The monoisotopic (exact) mass is 458 g/mol. The molecule has 2 saturated heterocycles. The van der Waals surface area contributed by atoms with Gasteiger partial charge in [-0.25, -0.2) is 9.97 Å². The largest absolute Gasteiger partial charge is 0.570 e. The van der Waals surface area contributed by atoms with Crippen molar-refractivity contribution >= 4 is 48.9 Å². The minimum Gasteiger partial charge on any atom is -0.382 e. The summed E-state index contributed by atoms with van der Waals surface area (Å²) in [5.74, 6) is 0.951. The molecule has 4 heterocycles. The molecule has 0 spiro atoms. The Morgan fingerprint density at radius 2 is 2.03 bits per heavy atom. The van der Waals surface area contributed by atoms with Gasteiger partial charge < -0.3 is 15.8 Å². The summed E-state index contributed by atoms with van der Waals surface area (Å²) >= 11 is 7.54. The van der Waals surface area contributed by atoms with E-state index in [9.17, 15) is 9.79 Å². The molecule has 0 amide bonds. The van der Waals surface area contributed by atoms with Crippen LogP contribution in [0.25, 0.3) is 0 Å². The molecule has 0 saturated carbocycles. The first-order chi connectivity index (χ1) is 13.9. The lowest BCUT2D eigenvalue weighted by atomic mass is 10.2. The first-order valence-electron chi connectivity index (χ1n) is 8.80. The highest BCUT2D eigenvalue weighted by molar-refractivity contribution is 8.00. The number of nitrogens with one attached hydrogen (secondary N) is 1. The molecule has 29 heavy (non-hydrogen) atoms. The minimum atomic E-state index is -3.79. The van der Waals surface area contributed by atoms with Crippen molar-refractivity contribution in [1.29, 1.82) is 0 Å². The van der Waals surface area contributed by atoms with E-state index in [4.69, 9.17) is 31.1 Å². The molecule has 3 aliphatic heterocycles. The van der Waals surface area contributed by atoms with Crippen molar-refractivity contribution in [2.24, 2.45) is 0 Å². The Morgan fingerprint density at radius 3 is 2.83 bits per heavy atom. The van der Waals surface area contributed by atoms with Crippen LogP contribution in [0, 0.1) is 0 Å². The summed E-state index contributed by atoms with van der Waals surface area (Å²) in [4.78, 5) is 30.9. The zero-order chi connectivity index (χ0) is 20.2. The Labute approximate surface area is 176 Å². The molecule has 4 atom stereocenters. The van der Waals surface area contributed by atoms with E-state index in [0.29, 0.717) is 28.8 Å². The molecule has 2 aromatic rings. The third-order valence-electron chi connectivity index (χ3n) is 4.85. The summed E-state index contributed by atoms with van der Waals surface area (Å²) < 4.78 is 16.4. The highest BCUT2D eigenvalue weighted by atomic mass is 35.5. The molecule has 10 nitrogen and oxygen atoms in total. The van der Waals surface area contributed by atoms with Gasteiger partial charge in [-0.15, -0.1) is 4.52 Å². The average Bonchev–Trinajstić information content (AvgIpc) is 3.24. The first-order valence-corrected chi connectivity index (χ1v) is 11.6. The van der Waals surface area contributed by atoms with Gasteiger partial charge in [0.05, 0.1) is 0 Å². The van der Waals surface area contributed by atoms with E-state index >= 15 is 0 Å². The number of halogens is 1. The second-order valence-electron chi connectivity index (χ2n) is 6.73. The number of aromatic nitrogens is 2. The standard InChI is InChI=1S/C16H18ClN5O5PS/c17-8-1-3-9(4-2-8)29-16-21-13-14(18)19-7-20-15(13)22(16)12-5-10-11(26-12)6-25-28(23,24)27-10/h1-4,7,10-12,16,21,23-24H,5-6H2,(H2,18,19,20)/q+1/t10-,11?,12?,16?/m0/s1. The normalized spacial score (nSPS) is 30.0. The number of benzene rings is 1. The minimum absolute atomic E-state index is 0.0526. The zero-order valence-electron chi connectivity index (χ0n) is 14.9. The number of anilines is 3. The van der Waals surface area contributed by atoms with Gasteiger partial charge in [0.15, 0.2) is 17.1 Å². The van der Waals surface area contributed by atoms with Gasteiger partial charge in [-0.05, 0) is 24.3 Å². The van der Waals surface area contributed by atoms with E-state index in [-0.39, 0.29) is 12.1 Å². The Hall–Kier alpha value is -1.43. The summed E-state index contributed by atoms with van der Waals surface area (Å²) in [6.45, 7) is 0.0526. The summed E-state index contributed by atoms with van der Waals surface area (Å²) in [6, 6.07) is 7.49. The third-order valence-corrected chi connectivity index (χ3v) is 7.25. The lowest BCUT2D eigenvalue weighted by molar-refractivity contribution is -0.0630. The summed E-state index contributed by atoms with van der Waals surface area (Å²) in [6.07, 6.45) is 0.495. The van der Waals surface area contributed by atoms with Crippen LogP contribution in [-0.2, 0) is 13.8 Å². The Kier molecular flexibility index (Phi) is 4.96. The third kappa shape index (κ3) is 3.73. The fourth-order valence-electron chi connectivity index (χ4n) is 3.55. The molecule has 5 N–H and O–H groups in total. The van der Waals surface area contributed by atoms with Crippen molar-refractivity contribution < 1.29 is 23.6 Å². The van der Waals surface area contributed by atoms with E-state index in [1.165, 1.54) is 6.33 Å². The summed E-state index contributed by atoms with van der Waals surface area (Å²) in [5, 5.41) is 4.01. The van der Waals surface area contributed by atoms with Gasteiger partial charge in [0.1, 0.15) is 37.1 Å². The van der Waals surface area contributed by atoms with Crippen molar-refractivity contribution in [2.75, 3.05) is 22.6 Å². The molecule has 0 radical (unpaired) electrons. The number of rotatable bonds is 3. The van der Waals surface area contributed by atoms with Crippen molar-refractivity contribution in [3.8, 4) is 0 Å². The molecule has 3 unspecified atom stereocenters. The average molecular weight is 459 g/mol. The Bertz CT molecular complexity index is 925. The van der Waals surface area contributed by atoms with E-state index in [1.54, 1.807) is 11.8 Å². The van der Waals surface area contributed by atoms with Gasteiger partial charge in [-0.3, -0.25) is 4.90 Å². The van der Waals surface area contributed by atoms with Crippen LogP contribution in [0.5, 0.6) is 0 Å². The van der Waals surface area contributed by atoms with Crippen LogP contribution in [0.15, 0.2) is 35.5 Å². The maximum Gasteiger partial charge on any atom is 0.570 e. The maximum atomic E-state index is 9.73. The van der Waals surface area contributed by atoms with Gasteiger partial charge in [0.2, 0.25) is 0 Å². The predicted octanol–water partition coefficient (Wildman–Crippen LogP) is 2.21. The molecule has 154 valence electrons. The van der Waals surface area contributed by atoms with Crippen LogP contribution in [0.4, 0.5) is 17.3 Å². The SMILES string of the molecule is Nc1ncnc2c1NC(Sc1ccc(Cl)cc1)N2C1C[C@@H]2O[P+](O)(O)OCC2O1. The van der Waals surface area contributed by atoms with Crippen LogP contribution in [0.3, 0.4) is 0 Å². The highest BCUT2D eigenvalue weighted by Crippen LogP contribution is 2.58. The lowest BCUT2D eigenvalue weighted by Gasteiger charge is -2.30. The second-order valence-corrected chi connectivity index (χ2v) is 9.77. The number of thioether (sulfide) groups is 1. The first kappa shape index (κ1) is 19.5. The van der Waals surface area contributed by atoms with Crippen LogP contribution in [0.1, 0.15) is 6.42 Å². The molecule has 1 aromatic heterocycles. The van der Waals surface area contributed by atoms with E-state index < -0.39 is 26.6 Å². The van der Waals surface area contributed by atoms with Crippen molar-refractivity contribution in [3.05, 3.63) is 35.6 Å². The Balaban J connectivity index is 1.43. The van der Waals surface area contributed by atoms with Gasteiger partial charge in [-0.2, -0.15) is 14.3 Å². The Morgan fingerprint density at radius 1 is 1.24 bits per heavy atom. The zero-order valence-corrected chi connectivity index (χ0v) is 17.3. The molecule has 5 rings (SSSR count). The number of hydrogen-bond acceptors (Lipinski definition) is 11. The lowest BCUT2D eigenvalue weighted by Crippen LogP contribution is -2.42. The van der Waals surface area contributed by atoms with Crippen molar-refractivity contribution in [2.45, 2.75) is 35.2 Å². The van der Waals surface area contributed by atoms with E-state index in [1.807, 2.05) is 29.2 Å². The molecule has 13 heteroatoms. The molecular formula is C16H18ClN5O5PS+. The van der Waals surface area contributed by atoms with Crippen LogP contribution >= 0.6 is 31.5 Å². The van der Waals surface area contributed by atoms with Crippen molar-refractivity contribution in [3.63, 3.8) is 0 Å². The maximum absolute atomic E-state index is 9.73. The fourth-order valence-corrected chi connectivity index (χ4v) is 5.73. The quantitative estimate of drug-likeness (QED) is 0.504. The van der Waals surface area contributed by atoms with Gasteiger partial charge in [0.25, 0.3) is 0 Å². The van der Waals surface area contributed by atoms with Gasteiger partial charge >= 0.3 is 8.17 Å². The number of hydrogen-bond donors (Lipinski definition) is 4. The smallest absolute Gasteiger partial charge is 0.382 e. The number of ether oxygens (including phenoxy) is 1. The molecule has 2 fully saturated rings. The summed E-state index contributed by atoms with van der Waals surface area (Å²) in [5.41, 5.74) is 6.39. The van der Waals surface area contributed by atoms with E-state index in [0.717, 1.165) is 4.90 Å². The van der Waals surface area contributed by atoms with Gasteiger partial charge in [-0.1, -0.05) is 23.4 Å². The molecule has 3 aliphatic rings. The van der Waals surface area contributed by atoms with Crippen molar-refractivity contribution in [1.82, 2.24) is 9.97 Å². The number of nitrogen functional groups attached to an aromatic ring is 1. The van der Waals surface area contributed by atoms with Crippen LogP contribution in [-0.4, -0.2) is 50.3 Å². The highest BCUT2D eigenvalue weighted by Gasteiger charge is 2.57. The number of fused-ring (bicyclic) bond motifs is 2. The molecular weight excluding hydrogens is 441 g/mol. The van der Waals surface area contributed by atoms with E-state index in [2.05, 4.69) is 15.3 Å². The fraction of sp³-hybridized carbons (Fsp3) is 0.375. The van der Waals surface area contributed by atoms with Crippen LogP contribution in [0.2, 0.25) is 5.02 Å². The van der Waals surface area contributed by atoms with Crippen LogP contribution < -0.4 is 16.0 Å². The number of nitrogens with two attached hydrogens (primary N) is 1. The molecule has 1 aromatic carbocycles. The molecule has 0 aliphatic carbocycles. The predicted molar refractivity (Wildman–Crippen MR) is 109 cm³/mol. The second kappa shape index (κ2) is 7.36. The molecule has 0 bridgehead atoms. The summed E-state index contributed by atoms with van der Waals surface area (Å²) in [7, 11) is -3.79. The topological polar surface area (TPSA) is 135 Å². The number of nitrogens with zero attached hydrogens (tertiary/aromatic N) is 3.